The number of carbonyl (C=O) groups excluding carboxylic acids is 1. The van der Waals surface area contributed by atoms with Gasteiger partial charge in [-0.15, -0.1) is 0 Å². The van der Waals surface area contributed by atoms with E-state index >= 15 is 0 Å². The Labute approximate surface area is 162 Å². The molecule has 1 heterocycles. The first kappa shape index (κ1) is 17.2. The van der Waals surface area contributed by atoms with E-state index in [9.17, 15) is 4.79 Å². The maximum atomic E-state index is 12.8. The van der Waals surface area contributed by atoms with Gasteiger partial charge in [0.05, 0.1) is 12.8 Å². The number of anilines is 2. The lowest BCUT2D eigenvalue weighted by atomic mass is 10.1. The van der Waals surface area contributed by atoms with Crippen LogP contribution in [-0.2, 0) is 4.84 Å². The molecule has 0 aromatic heterocycles. The highest BCUT2D eigenvalue weighted by Crippen LogP contribution is 2.40. The Morgan fingerprint density at radius 1 is 0.889 bits per heavy atom. The Hall–Kier alpha value is -3.18. The summed E-state index contributed by atoms with van der Waals surface area (Å²) >= 11 is 6.01. The van der Waals surface area contributed by atoms with E-state index < -0.39 is 12.3 Å². The van der Waals surface area contributed by atoms with E-state index in [4.69, 9.17) is 21.2 Å². The molecular weight excluding hydrogens is 364 g/mol. The van der Waals surface area contributed by atoms with Crippen LogP contribution in [0, 0.1) is 0 Å². The first-order chi connectivity index (χ1) is 13.2. The molecular formula is C21H17ClN2O3. The molecule has 0 saturated carbocycles. The van der Waals surface area contributed by atoms with Crippen LogP contribution in [0.4, 0.5) is 16.2 Å². The quantitative estimate of drug-likeness (QED) is 0.605. The van der Waals surface area contributed by atoms with Crippen LogP contribution in [0.5, 0.6) is 5.75 Å². The van der Waals surface area contributed by atoms with Gasteiger partial charge in [0.2, 0.25) is 0 Å². The summed E-state index contributed by atoms with van der Waals surface area (Å²) in [5, 5.41) is 2.21. The molecule has 1 amide bonds. The van der Waals surface area contributed by atoms with Gasteiger partial charge >= 0.3 is 6.09 Å². The highest BCUT2D eigenvalue weighted by atomic mass is 35.5. The average Bonchev–Trinajstić information content (AvgIpc) is 3.06. The summed E-state index contributed by atoms with van der Waals surface area (Å²) in [6.45, 7) is 0. The molecule has 136 valence electrons. The Kier molecular flexibility index (Phi) is 4.60. The van der Waals surface area contributed by atoms with Gasteiger partial charge in [-0.3, -0.25) is 0 Å². The summed E-state index contributed by atoms with van der Waals surface area (Å²) in [7, 11) is 1.62. The third kappa shape index (κ3) is 3.29. The molecule has 1 atom stereocenters. The van der Waals surface area contributed by atoms with Crippen molar-refractivity contribution in [1.29, 1.82) is 0 Å². The summed E-state index contributed by atoms with van der Waals surface area (Å²) in [4.78, 5) is 20.0. The second-order valence-corrected chi connectivity index (χ2v) is 6.45. The number of rotatable bonds is 4. The fourth-order valence-corrected chi connectivity index (χ4v) is 3.19. The molecule has 0 N–H and O–H groups in total. The first-order valence-corrected chi connectivity index (χ1v) is 8.80. The van der Waals surface area contributed by atoms with Gasteiger partial charge in [-0.05, 0) is 54.1 Å². The van der Waals surface area contributed by atoms with Crippen molar-refractivity contribution in [1.82, 2.24) is 0 Å². The van der Waals surface area contributed by atoms with Crippen molar-refractivity contribution in [2.45, 2.75) is 6.17 Å². The lowest BCUT2D eigenvalue weighted by Gasteiger charge is -2.27. The van der Waals surface area contributed by atoms with Gasteiger partial charge in [-0.1, -0.05) is 41.9 Å². The smallest absolute Gasteiger partial charge is 0.440 e. The summed E-state index contributed by atoms with van der Waals surface area (Å²) in [6.07, 6.45) is -0.922. The van der Waals surface area contributed by atoms with Crippen molar-refractivity contribution < 1.29 is 14.4 Å². The predicted octanol–water partition coefficient (Wildman–Crippen LogP) is 5.43. The van der Waals surface area contributed by atoms with Gasteiger partial charge in [0.15, 0.2) is 6.17 Å². The molecule has 6 heteroatoms. The van der Waals surface area contributed by atoms with Crippen molar-refractivity contribution in [2.24, 2.45) is 0 Å². The number of halogens is 1. The molecule has 0 spiro atoms. The van der Waals surface area contributed by atoms with Crippen molar-refractivity contribution in [2.75, 3.05) is 17.1 Å². The van der Waals surface area contributed by atoms with Crippen LogP contribution in [0.25, 0.3) is 0 Å². The number of para-hydroxylation sites is 1. The molecule has 3 aromatic rings. The van der Waals surface area contributed by atoms with Gasteiger partial charge in [-0.2, -0.15) is 5.06 Å². The second kappa shape index (κ2) is 7.21. The molecule has 0 unspecified atom stereocenters. The van der Waals surface area contributed by atoms with Crippen LogP contribution in [0.2, 0.25) is 5.02 Å². The van der Waals surface area contributed by atoms with E-state index in [0.717, 1.165) is 17.0 Å². The van der Waals surface area contributed by atoms with Gasteiger partial charge in [0.1, 0.15) is 5.75 Å². The van der Waals surface area contributed by atoms with Crippen LogP contribution < -0.4 is 14.7 Å². The molecule has 0 bridgehead atoms. The van der Waals surface area contributed by atoms with E-state index in [2.05, 4.69) is 0 Å². The largest absolute Gasteiger partial charge is 0.497 e. The number of hydrogen-bond donors (Lipinski definition) is 0. The number of carbonyl (C=O) groups is 1. The SMILES string of the molecule is COc1ccc([C@@H]2N(c3ccccc3)OC(=O)N2c2ccc(Cl)cc2)cc1. The minimum absolute atomic E-state index is 0.456. The van der Waals surface area contributed by atoms with E-state index in [0.29, 0.717) is 10.7 Å². The lowest BCUT2D eigenvalue weighted by molar-refractivity contribution is 0.164. The van der Waals surface area contributed by atoms with E-state index in [1.807, 2.05) is 54.6 Å². The molecule has 1 aliphatic heterocycles. The zero-order valence-corrected chi connectivity index (χ0v) is 15.3. The Morgan fingerprint density at radius 2 is 1.56 bits per heavy atom. The molecule has 27 heavy (non-hydrogen) atoms. The fraction of sp³-hybridized carbons (Fsp3) is 0.0952. The minimum Gasteiger partial charge on any atom is -0.497 e. The third-order valence-corrected chi connectivity index (χ3v) is 4.62. The van der Waals surface area contributed by atoms with Crippen LogP contribution >= 0.6 is 11.6 Å². The van der Waals surface area contributed by atoms with Crippen LogP contribution in [-0.4, -0.2) is 13.2 Å². The number of hydroxylamine groups is 1. The average molecular weight is 381 g/mol. The summed E-state index contributed by atoms with van der Waals surface area (Å²) in [5.41, 5.74) is 2.37. The number of ether oxygens (including phenoxy) is 1. The van der Waals surface area contributed by atoms with E-state index in [1.54, 1.807) is 41.3 Å². The molecule has 1 aliphatic rings. The van der Waals surface area contributed by atoms with Crippen molar-refractivity contribution in [3.05, 3.63) is 89.4 Å². The second-order valence-electron chi connectivity index (χ2n) is 6.01. The maximum Gasteiger partial charge on any atom is 0.440 e. The van der Waals surface area contributed by atoms with E-state index in [1.165, 1.54) is 0 Å². The number of methoxy groups -OCH3 is 1. The predicted molar refractivity (Wildman–Crippen MR) is 105 cm³/mol. The van der Waals surface area contributed by atoms with Crippen molar-refractivity contribution in [3.63, 3.8) is 0 Å². The minimum atomic E-state index is -0.466. The molecule has 3 aromatic carbocycles. The summed E-state index contributed by atoms with van der Waals surface area (Å²) in [5.74, 6) is 0.744. The number of amides is 1. The van der Waals surface area contributed by atoms with E-state index in [-0.39, 0.29) is 0 Å². The van der Waals surface area contributed by atoms with Gasteiger partial charge in [-0.25, -0.2) is 9.69 Å². The molecule has 0 aliphatic carbocycles. The fourth-order valence-electron chi connectivity index (χ4n) is 3.06. The zero-order valence-electron chi connectivity index (χ0n) is 14.6. The molecule has 1 saturated heterocycles. The Morgan fingerprint density at radius 3 is 2.19 bits per heavy atom. The van der Waals surface area contributed by atoms with Gasteiger partial charge < -0.3 is 9.57 Å². The standard InChI is InChI=1S/C21H17ClN2O3/c1-26-19-13-7-15(8-14-19)20-23(17-11-9-16(22)10-12-17)21(25)27-24(20)18-5-3-2-4-6-18/h2-14,20H,1H3/t20-/m0/s1. The van der Waals surface area contributed by atoms with Crippen molar-refractivity contribution in [3.8, 4) is 5.75 Å². The third-order valence-electron chi connectivity index (χ3n) is 4.37. The highest BCUT2D eigenvalue weighted by Gasteiger charge is 2.42. The van der Waals surface area contributed by atoms with Gasteiger partial charge in [0, 0.05) is 10.7 Å². The Bertz CT molecular complexity index is 930. The number of benzene rings is 3. The topological polar surface area (TPSA) is 42.0 Å². The monoisotopic (exact) mass is 380 g/mol. The van der Waals surface area contributed by atoms with Gasteiger partial charge in [0.25, 0.3) is 0 Å². The maximum absolute atomic E-state index is 12.8. The first-order valence-electron chi connectivity index (χ1n) is 8.42. The number of nitrogens with zero attached hydrogens (tertiary/aromatic N) is 2. The Balaban J connectivity index is 1.80. The molecule has 0 radical (unpaired) electrons. The van der Waals surface area contributed by atoms with Crippen molar-refractivity contribution >= 4 is 29.1 Å². The summed E-state index contributed by atoms with van der Waals surface area (Å²) in [6, 6.07) is 24.2. The lowest BCUT2D eigenvalue weighted by Crippen LogP contribution is -2.31. The normalized spacial score (nSPS) is 16.4. The van der Waals surface area contributed by atoms with Crippen LogP contribution in [0.15, 0.2) is 78.9 Å². The molecule has 1 fully saturated rings. The summed E-state index contributed by atoms with van der Waals surface area (Å²) < 4.78 is 5.25. The van der Waals surface area contributed by atoms with Crippen LogP contribution in [0.3, 0.4) is 0 Å². The molecule has 5 nitrogen and oxygen atoms in total. The van der Waals surface area contributed by atoms with Crippen LogP contribution in [0.1, 0.15) is 11.7 Å². The molecule has 4 rings (SSSR count). The highest BCUT2D eigenvalue weighted by molar-refractivity contribution is 6.30. The number of hydrogen-bond acceptors (Lipinski definition) is 4. The zero-order chi connectivity index (χ0) is 18.8.